The molecule has 1 atom stereocenters. The Morgan fingerprint density at radius 1 is 1.06 bits per heavy atom. The third-order valence-electron chi connectivity index (χ3n) is 3.69. The summed E-state index contributed by atoms with van der Waals surface area (Å²) in [5, 5.41) is 17.7. The molecule has 0 bridgehead atoms. The van der Waals surface area contributed by atoms with Gasteiger partial charge in [0.1, 0.15) is 0 Å². The lowest BCUT2D eigenvalue weighted by Gasteiger charge is -2.27. The average Bonchev–Trinajstić information content (AvgIpc) is 2.29. The van der Waals surface area contributed by atoms with E-state index in [-0.39, 0.29) is 12.3 Å². The molecular weight excluding hydrogens is 220 g/mol. The molecule has 17 heavy (non-hydrogen) atoms. The monoisotopic (exact) mass is 242 g/mol. The van der Waals surface area contributed by atoms with Gasteiger partial charge in [0.05, 0.1) is 5.92 Å². The van der Waals surface area contributed by atoms with Crippen molar-refractivity contribution in [3.8, 4) is 0 Å². The Labute approximate surface area is 102 Å². The summed E-state index contributed by atoms with van der Waals surface area (Å²) in [6.45, 7) is 0. The molecule has 0 aliphatic heterocycles. The molecule has 0 aromatic carbocycles. The molecule has 1 aliphatic rings. The first kappa shape index (κ1) is 14.0. The maximum Gasteiger partial charge on any atom is 0.306 e. The lowest BCUT2D eigenvalue weighted by molar-refractivity contribution is -0.144. The molecule has 0 radical (unpaired) electrons. The molecule has 0 saturated heterocycles. The number of hydrogen-bond acceptors (Lipinski definition) is 2. The van der Waals surface area contributed by atoms with Crippen molar-refractivity contribution in [1.29, 1.82) is 0 Å². The zero-order valence-corrected chi connectivity index (χ0v) is 10.2. The van der Waals surface area contributed by atoms with Crippen LogP contribution in [0.3, 0.4) is 0 Å². The summed E-state index contributed by atoms with van der Waals surface area (Å²) in [5.74, 6) is -1.45. The van der Waals surface area contributed by atoms with Crippen LogP contribution in [0.25, 0.3) is 0 Å². The summed E-state index contributed by atoms with van der Waals surface area (Å²) in [6, 6.07) is 0. The lowest BCUT2D eigenvalue weighted by Crippen LogP contribution is -2.25. The van der Waals surface area contributed by atoms with Crippen LogP contribution < -0.4 is 0 Å². The minimum Gasteiger partial charge on any atom is -0.481 e. The second-order valence-electron chi connectivity index (χ2n) is 4.98. The van der Waals surface area contributed by atoms with E-state index >= 15 is 0 Å². The summed E-state index contributed by atoms with van der Waals surface area (Å²) in [7, 11) is 0. The maximum absolute atomic E-state index is 11.2. The molecule has 2 N–H and O–H groups in total. The molecule has 0 spiro atoms. The molecule has 0 heterocycles. The first-order valence-corrected chi connectivity index (χ1v) is 6.56. The lowest BCUT2D eigenvalue weighted by atomic mass is 9.78. The van der Waals surface area contributed by atoms with Gasteiger partial charge in [0.15, 0.2) is 0 Å². The first-order valence-electron chi connectivity index (χ1n) is 6.56. The first-order chi connectivity index (χ1) is 8.11. The van der Waals surface area contributed by atoms with Crippen LogP contribution in [-0.2, 0) is 9.59 Å². The Kier molecular flexibility index (Phi) is 6.01. The number of carboxylic acids is 2. The molecule has 4 heteroatoms. The van der Waals surface area contributed by atoms with Crippen LogP contribution in [-0.4, -0.2) is 22.2 Å². The summed E-state index contributed by atoms with van der Waals surface area (Å²) in [4.78, 5) is 21.6. The Bertz CT molecular complexity index is 256. The van der Waals surface area contributed by atoms with Gasteiger partial charge in [0, 0.05) is 6.42 Å². The van der Waals surface area contributed by atoms with Crippen LogP contribution >= 0.6 is 0 Å². The molecular formula is C13H22O4. The van der Waals surface area contributed by atoms with Gasteiger partial charge in [-0.15, -0.1) is 0 Å². The largest absolute Gasteiger partial charge is 0.481 e. The second-order valence-corrected chi connectivity index (χ2v) is 4.98. The van der Waals surface area contributed by atoms with Crippen LogP contribution in [0.15, 0.2) is 0 Å². The standard InChI is InChI=1S/C13H22O4/c14-12(15)9-5-4-8-11(13(16)17)10-6-2-1-3-7-10/h10-11H,1-9H2,(H,14,15)(H,16,17). The van der Waals surface area contributed by atoms with Crippen LogP contribution in [0.2, 0.25) is 0 Å². The van der Waals surface area contributed by atoms with Gasteiger partial charge in [-0.3, -0.25) is 9.59 Å². The SMILES string of the molecule is O=C(O)CCCCC(C(=O)O)C1CCCCC1. The maximum atomic E-state index is 11.2. The number of rotatable bonds is 7. The third-order valence-corrected chi connectivity index (χ3v) is 3.69. The van der Waals surface area contributed by atoms with Crippen LogP contribution in [0.4, 0.5) is 0 Å². The summed E-state index contributed by atoms with van der Waals surface area (Å²) < 4.78 is 0. The van der Waals surface area contributed by atoms with Crippen molar-refractivity contribution in [1.82, 2.24) is 0 Å². The molecule has 4 nitrogen and oxygen atoms in total. The fourth-order valence-corrected chi connectivity index (χ4v) is 2.74. The zero-order valence-electron chi connectivity index (χ0n) is 10.2. The minimum absolute atomic E-state index is 0.150. The fourth-order valence-electron chi connectivity index (χ4n) is 2.74. The van der Waals surface area contributed by atoms with Gasteiger partial charge in [0.2, 0.25) is 0 Å². The molecule has 1 aliphatic carbocycles. The van der Waals surface area contributed by atoms with Crippen molar-refractivity contribution in [3.63, 3.8) is 0 Å². The molecule has 0 aromatic heterocycles. The number of carboxylic acid groups (broad SMARTS) is 2. The molecule has 0 amide bonds. The quantitative estimate of drug-likeness (QED) is 0.673. The highest BCUT2D eigenvalue weighted by molar-refractivity contribution is 5.70. The Hall–Kier alpha value is -1.06. The van der Waals surface area contributed by atoms with E-state index in [1.165, 1.54) is 6.42 Å². The van der Waals surface area contributed by atoms with Gasteiger partial charge in [-0.25, -0.2) is 0 Å². The third kappa shape index (κ3) is 5.20. The Morgan fingerprint density at radius 2 is 1.71 bits per heavy atom. The van der Waals surface area contributed by atoms with E-state index in [4.69, 9.17) is 5.11 Å². The van der Waals surface area contributed by atoms with Crippen molar-refractivity contribution >= 4 is 11.9 Å². The Balaban J connectivity index is 2.32. The number of aliphatic carboxylic acids is 2. The second kappa shape index (κ2) is 7.30. The van der Waals surface area contributed by atoms with Gasteiger partial charge in [-0.05, 0) is 31.6 Å². The average molecular weight is 242 g/mol. The highest BCUT2D eigenvalue weighted by atomic mass is 16.4. The van der Waals surface area contributed by atoms with Crippen molar-refractivity contribution < 1.29 is 19.8 Å². The van der Waals surface area contributed by atoms with E-state index in [1.54, 1.807) is 0 Å². The predicted octanol–water partition coefficient (Wildman–Crippen LogP) is 2.91. The van der Waals surface area contributed by atoms with Crippen molar-refractivity contribution in [2.45, 2.75) is 57.8 Å². The van der Waals surface area contributed by atoms with Crippen molar-refractivity contribution in [2.24, 2.45) is 11.8 Å². The molecule has 1 rings (SSSR count). The molecule has 1 unspecified atom stereocenters. The highest BCUT2D eigenvalue weighted by Gasteiger charge is 2.28. The number of carbonyl (C=O) groups is 2. The van der Waals surface area contributed by atoms with E-state index in [1.807, 2.05) is 0 Å². The zero-order chi connectivity index (χ0) is 12.7. The number of unbranched alkanes of at least 4 members (excludes halogenated alkanes) is 1. The highest BCUT2D eigenvalue weighted by Crippen LogP contribution is 2.32. The van der Waals surface area contributed by atoms with Gasteiger partial charge >= 0.3 is 11.9 Å². The van der Waals surface area contributed by atoms with Crippen molar-refractivity contribution in [2.75, 3.05) is 0 Å². The molecule has 1 saturated carbocycles. The van der Waals surface area contributed by atoms with Crippen LogP contribution in [0.1, 0.15) is 57.8 Å². The Morgan fingerprint density at radius 3 is 2.24 bits per heavy atom. The van der Waals surface area contributed by atoms with Gasteiger partial charge in [-0.1, -0.05) is 25.7 Å². The van der Waals surface area contributed by atoms with Gasteiger partial charge in [-0.2, -0.15) is 0 Å². The van der Waals surface area contributed by atoms with Crippen LogP contribution in [0, 0.1) is 11.8 Å². The van der Waals surface area contributed by atoms with E-state index in [0.717, 1.165) is 25.7 Å². The summed E-state index contributed by atoms with van der Waals surface area (Å²) in [6.07, 6.45) is 7.64. The molecule has 98 valence electrons. The summed E-state index contributed by atoms with van der Waals surface area (Å²) in [5.41, 5.74) is 0. The topological polar surface area (TPSA) is 74.6 Å². The van der Waals surface area contributed by atoms with Gasteiger partial charge < -0.3 is 10.2 Å². The van der Waals surface area contributed by atoms with Crippen LogP contribution in [0.5, 0.6) is 0 Å². The fraction of sp³-hybridized carbons (Fsp3) is 0.846. The summed E-state index contributed by atoms with van der Waals surface area (Å²) >= 11 is 0. The van der Waals surface area contributed by atoms with Crippen molar-refractivity contribution in [3.05, 3.63) is 0 Å². The van der Waals surface area contributed by atoms with E-state index in [9.17, 15) is 14.7 Å². The smallest absolute Gasteiger partial charge is 0.306 e. The molecule has 0 aromatic rings. The van der Waals surface area contributed by atoms with E-state index in [2.05, 4.69) is 0 Å². The van der Waals surface area contributed by atoms with E-state index in [0.29, 0.717) is 25.2 Å². The van der Waals surface area contributed by atoms with E-state index < -0.39 is 11.9 Å². The predicted molar refractivity (Wildman–Crippen MR) is 63.8 cm³/mol. The number of hydrogen-bond donors (Lipinski definition) is 2. The molecule has 1 fully saturated rings. The normalized spacial score (nSPS) is 18.8. The minimum atomic E-state index is -0.797. The van der Waals surface area contributed by atoms with Gasteiger partial charge in [0.25, 0.3) is 0 Å².